The molecular formula is C21H27KO5S. The van der Waals surface area contributed by atoms with E-state index in [1.165, 1.54) is 44.2 Å². The van der Waals surface area contributed by atoms with Gasteiger partial charge in [-0.3, -0.25) is 4.55 Å². The number of hydrogen-bond donors (Lipinski definition) is 1. The van der Waals surface area contributed by atoms with Gasteiger partial charge in [0.25, 0.3) is 10.1 Å². The molecule has 0 heterocycles. The van der Waals surface area contributed by atoms with E-state index in [0.717, 1.165) is 30.9 Å². The van der Waals surface area contributed by atoms with Crippen LogP contribution in [0.5, 0.6) is 17.2 Å². The van der Waals surface area contributed by atoms with E-state index in [9.17, 15) is 18.1 Å². The number of hydrogen-bond acceptors (Lipinski definition) is 4. The first-order chi connectivity index (χ1) is 12.9. The molecule has 0 aromatic heterocycles. The van der Waals surface area contributed by atoms with Gasteiger partial charge in [0.2, 0.25) is 0 Å². The third-order valence-corrected chi connectivity index (χ3v) is 5.33. The molecule has 2 aromatic carbocycles. The van der Waals surface area contributed by atoms with Gasteiger partial charge in [-0.2, -0.15) is 8.42 Å². The molecule has 0 aliphatic carbocycles. The zero-order valence-electron chi connectivity index (χ0n) is 16.7. The smallest absolute Gasteiger partial charge is 0.870 e. The van der Waals surface area contributed by atoms with Crippen molar-refractivity contribution >= 4 is 10.1 Å². The summed E-state index contributed by atoms with van der Waals surface area (Å²) >= 11 is 0. The maximum Gasteiger partial charge on any atom is 1.00 e. The number of ether oxygens (including phenoxy) is 1. The van der Waals surface area contributed by atoms with Crippen molar-refractivity contribution < 1.29 is 74.2 Å². The van der Waals surface area contributed by atoms with Crippen molar-refractivity contribution in [2.24, 2.45) is 0 Å². The summed E-state index contributed by atoms with van der Waals surface area (Å²) in [4.78, 5) is -0.513. The molecule has 0 aliphatic heterocycles. The van der Waals surface area contributed by atoms with E-state index in [0.29, 0.717) is 5.75 Å². The van der Waals surface area contributed by atoms with E-state index in [-0.39, 0.29) is 57.1 Å². The van der Waals surface area contributed by atoms with Crippen molar-refractivity contribution in [1.82, 2.24) is 0 Å². The first-order valence-electron chi connectivity index (χ1n) is 9.46. The Morgan fingerprint density at radius 2 is 1.57 bits per heavy atom. The van der Waals surface area contributed by atoms with Crippen molar-refractivity contribution in [2.75, 3.05) is 0 Å². The first kappa shape index (κ1) is 25.6. The maximum atomic E-state index is 12.1. The summed E-state index contributed by atoms with van der Waals surface area (Å²) in [6.07, 6.45) is 9.12. The van der Waals surface area contributed by atoms with Crippen molar-refractivity contribution in [1.29, 1.82) is 0 Å². The zero-order valence-corrected chi connectivity index (χ0v) is 20.6. The molecule has 2 aromatic rings. The van der Waals surface area contributed by atoms with Gasteiger partial charge in [-0.05, 0) is 30.5 Å². The van der Waals surface area contributed by atoms with Crippen LogP contribution in [-0.4, -0.2) is 13.0 Å². The molecule has 5 nitrogen and oxygen atoms in total. The maximum absolute atomic E-state index is 12.1. The summed E-state index contributed by atoms with van der Waals surface area (Å²) in [6, 6.07) is 10.9. The summed E-state index contributed by atoms with van der Waals surface area (Å²) in [5.74, 6) is -0.514. The molecule has 0 fully saturated rings. The average Bonchev–Trinajstić information content (AvgIpc) is 2.63. The topological polar surface area (TPSA) is 86.7 Å². The largest absolute Gasteiger partial charge is 1.00 e. The third kappa shape index (κ3) is 8.14. The summed E-state index contributed by atoms with van der Waals surface area (Å²) in [5, 5.41) is 12.1. The summed E-state index contributed by atoms with van der Waals surface area (Å²) in [7, 11) is -4.55. The Kier molecular flexibility index (Phi) is 11.9. The van der Waals surface area contributed by atoms with E-state index >= 15 is 0 Å². The minimum atomic E-state index is -4.55. The molecule has 0 radical (unpaired) electrons. The number of aryl methyl sites for hydroxylation is 1. The molecular weight excluding hydrogens is 403 g/mol. The van der Waals surface area contributed by atoms with Crippen LogP contribution in [0.15, 0.2) is 47.4 Å². The van der Waals surface area contributed by atoms with Gasteiger partial charge in [0.05, 0.1) is 0 Å². The SMILES string of the molecule is CCCCCCCCCc1ccccc1Oc1c([O-])cccc1S(=O)(=O)O.[K+]. The molecule has 148 valence electrons. The van der Waals surface area contributed by atoms with E-state index in [2.05, 4.69) is 6.92 Å². The molecule has 2 rings (SSSR count). The van der Waals surface area contributed by atoms with Crippen LogP contribution in [0.3, 0.4) is 0 Å². The van der Waals surface area contributed by atoms with Crippen LogP contribution in [0.25, 0.3) is 0 Å². The molecule has 0 atom stereocenters. The summed E-state index contributed by atoms with van der Waals surface area (Å²) < 4.78 is 38.1. The van der Waals surface area contributed by atoms with Gasteiger partial charge in [0.15, 0.2) is 0 Å². The van der Waals surface area contributed by atoms with Crippen molar-refractivity contribution in [3.05, 3.63) is 48.0 Å². The zero-order chi connectivity index (χ0) is 19.7. The predicted molar refractivity (Wildman–Crippen MR) is 104 cm³/mol. The molecule has 0 aliphatic rings. The molecule has 0 bridgehead atoms. The van der Waals surface area contributed by atoms with Gasteiger partial charge >= 0.3 is 51.4 Å². The van der Waals surface area contributed by atoms with Crippen molar-refractivity contribution in [2.45, 2.75) is 63.2 Å². The Morgan fingerprint density at radius 3 is 2.25 bits per heavy atom. The van der Waals surface area contributed by atoms with Crippen LogP contribution < -0.4 is 61.2 Å². The van der Waals surface area contributed by atoms with Crippen molar-refractivity contribution in [3.63, 3.8) is 0 Å². The number of benzene rings is 2. The minimum Gasteiger partial charge on any atom is -0.870 e. The number of unbranched alkanes of at least 4 members (excludes halogenated alkanes) is 6. The van der Waals surface area contributed by atoms with E-state index < -0.39 is 20.8 Å². The van der Waals surface area contributed by atoms with Gasteiger partial charge < -0.3 is 9.84 Å². The fraction of sp³-hybridized carbons (Fsp3) is 0.429. The second-order valence-electron chi connectivity index (χ2n) is 6.64. The van der Waals surface area contributed by atoms with Gasteiger partial charge in [-0.15, -0.1) is 0 Å². The fourth-order valence-electron chi connectivity index (χ4n) is 2.99. The predicted octanol–water partition coefficient (Wildman–Crippen LogP) is 2.10. The van der Waals surface area contributed by atoms with Crippen molar-refractivity contribution in [3.8, 4) is 17.2 Å². The number of rotatable bonds is 11. The summed E-state index contributed by atoms with van der Waals surface area (Å²) in [6.45, 7) is 2.20. The second-order valence-corrected chi connectivity index (χ2v) is 8.03. The molecule has 0 spiro atoms. The Morgan fingerprint density at radius 1 is 0.929 bits per heavy atom. The quantitative estimate of drug-likeness (QED) is 0.335. The normalized spacial score (nSPS) is 11.1. The van der Waals surface area contributed by atoms with Crippen LogP contribution in [-0.2, 0) is 16.5 Å². The van der Waals surface area contributed by atoms with Crippen LogP contribution in [0, 0.1) is 0 Å². The van der Waals surface area contributed by atoms with Gasteiger partial charge in [-0.1, -0.05) is 81.5 Å². The second kappa shape index (κ2) is 13.0. The van der Waals surface area contributed by atoms with Crippen LogP contribution in [0.2, 0.25) is 0 Å². The van der Waals surface area contributed by atoms with Gasteiger partial charge in [-0.25, -0.2) is 0 Å². The van der Waals surface area contributed by atoms with E-state index in [4.69, 9.17) is 4.74 Å². The monoisotopic (exact) mass is 430 g/mol. The standard InChI is InChI=1S/C21H28O5S.K/c1-2-3-4-5-6-7-8-12-17-13-9-10-15-19(17)26-21-18(22)14-11-16-20(21)27(23,24)25;/h9-11,13-16,22H,2-8,12H2,1H3,(H,23,24,25);/q;+1/p-1. The minimum absolute atomic E-state index is 0. The van der Waals surface area contributed by atoms with Crippen LogP contribution >= 0.6 is 0 Å². The molecule has 0 unspecified atom stereocenters. The van der Waals surface area contributed by atoms with E-state index in [1.807, 2.05) is 12.1 Å². The third-order valence-electron chi connectivity index (χ3n) is 4.45. The van der Waals surface area contributed by atoms with Gasteiger partial charge in [0.1, 0.15) is 16.4 Å². The molecule has 0 saturated carbocycles. The molecule has 0 saturated heterocycles. The molecule has 0 amide bonds. The number of para-hydroxylation sites is 2. The fourth-order valence-corrected chi connectivity index (χ4v) is 3.62. The average molecular weight is 431 g/mol. The first-order valence-corrected chi connectivity index (χ1v) is 10.9. The summed E-state index contributed by atoms with van der Waals surface area (Å²) in [5.41, 5.74) is 0.913. The van der Waals surface area contributed by atoms with Crippen LogP contribution in [0.1, 0.15) is 57.4 Å². The molecule has 7 heteroatoms. The van der Waals surface area contributed by atoms with Crippen LogP contribution in [0.4, 0.5) is 0 Å². The molecule has 28 heavy (non-hydrogen) atoms. The van der Waals surface area contributed by atoms with E-state index in [1.54, 1.807) is 12.1 Å². The Bertz CT molecular complexity index is 836. The Hall–Kier alpha value is -0.414. The van der Waals surface area contributed by atoms with Gasteiger partial charge in [0, 0.05) is 0 Å². The Balaban J connectivity index is 0.00000392. The molecule has 1 N–H and O–H groups in total. The Labute approximate surface area is 210 Å².